The van der Waals surface area contributed by atoms with E-state index in [0.717, 1.165) is 18.7 Å². The first-order valence-electron chi connectivity index (χ1n) is 7.09. The third kappa shape index (κ3) is 4.42. The van der Waals surface area contributed by atoms with E-state index in [4.69, 9.17) is 10.5 Å². The number of nitrogen functional groups attached to an aromatic ring is 1. The largest absolute Gasteiger partial charge is 0.378 e. The van der Waals surface area contributed by atoms with Crippen LogP contribution in [0.15, 0.2) is 23.8 Å². The molecule has 1 aliphatic rings. The van der Waals surface area contributed by atoms with Gasteiger partial charge >= 0.3 is 0 Å². The SMILES string of the molecule is C/C=C\C(=C/C)CNc1nc(N)nc(N2CCOCC2)n1. The number of anilines is 3. The van der Waals surface area contributed by atoms with E-state index in [2.05, 4.69) is 25.2 Å². The van der Waals surface area contributed by atoms with E-state index < -0.39 is 0 Å². The summed E-state index contributed by atoms with van der Waals surface area (Å²) in [5.74, 6) is 1.32. The predicted octanol–water partition coefficient (Wildman–Crippen LogP) is 1.22. The highest BCUT2D eigenvalue weighted by Gasteiger charge is 2.15. The van der Waals surface area contributed by atoms with Gasteiger partial charge in [-0.2, -0.15) is 15.0 Å². The van der Waals surface area contributed by atoms with Crippen molar-refractivity contribution in [1.29, 1.82) is 0 Å². The molecule has 7 nitrogen and oxygen atoms in total. The summed E-state index contributed by atoms with van der Waals surface area (Å²) in [7, 11) is 0. The molecule has 1 fully saturated rings. The van der Waals surface area contributed by atoms with Crippen LogP contribution in [0.25, 0.3) is 0 Å². The van der Waals surface area contributed by atoms with Gasteiger partial charge in [-0.15, -0.1) is 0 Å². The topological polar surface area (TPSA) is 89.2 Å². The van der Waals surface area contributed by atoms with Crippen LogP contribution in [0.1, 0.15) is 13.8 Å². The molecule has 1 aromatic rings. The van der Waals surface area contributed by atoms with Crippen LogP contribution in [-0.2, 0) is 4.74 Å². The lowest BCUT2D eigenvalue weighted by atomic mass is 10.2. The molecule has 0 aromatic carbocycles. The van der Waals surface area contributed by atoms with Crippen molar-refractivity contribution in [3.8, 4) is 0 Å². The van der Waals surface area contributed by atoms with Crippen LogP contribution in [0.4, 0.5) is 17.8 Å². The summed E-state index contributed by atoms with van der Waals surface area (Å²) < 4.78 is 5.33. The number of nitrogens with two attached hydrogens (primary N) is 1. The maximum absolute atomic E-state index is 5.77. The molecule has 114 valence electrons. The van der Waals surface area contributed by atoms with Gasteiger partial charge in [-0.3, -0.25) is 0 Å². The second kappa shape index (κ2) is 7.58. The van der Waals surface area contributed by atoms with Crippen LogP contribution in [0, 0.1) is 0 Å². The number of hydrogen-bond donors (Lipinski definition) is 2. The fraction of sp³-hybridized carbons (Fsp3) is 0.500. The molecular formula is C14H22N6O. The Morgan fingerprint density at radius 2 is 2.05 bits per heavy atom. The van der Waals surface area contributed by atoms with Crippen LogP contribution in [-0.4, -0.2) is 47.8 Å². The predicted molar refractivity (Wildman–Crippen MR) is 84.3 cm³/mol. The number of hydrogen-bond acceptors (Lipinski definition) is 7. The van der Waals surface area contributed by atoms with Crippen LogP contribution in [0.3, 0.4) is 0 Å². The van der Waals surface area contributed by atoms with Gasteiger partial charge in [0.05, 0.1) is 13.2 Å². The van der Waals surface area contributed by atoms with E-state index >= 15 is 0 Å². The van der Waals surface area contributed by atoms with Crippen molar-refractivity contribution in [2.45, 2.75) is 13.8 Å². The second-order valence-electron chi connectivity index (χ2n) is 4.63. The molecule has 0 aliphatic carbocycles. The van der Waals surface area contributed by atoms with Crippen molar-refractivity contribution in [2.75, 3.05) is 48.8 Å². The Morgan fingerprint density at radius 1 is 1.29 bits per heavy atom. The highest BCUT2D eigenvalue weighted by atomic mass is 16.5. The van der Waals surface area contributed by atoms with E-state index in [1.54, 1.807) is 0 Å². The highest BCUT2D eigenvalue weighted by Crippen LogP contribution is 2.13. The van der Waals surface area contributed by atoms with Gasteiger partial charge in [0.15, 0.2) is 0 Å². The first kappa shape index (κ1) is 15.2. The summed E-state index contributed by atoms with van der Waals surface area (Å²) in [5, 5.41) is 3.18. The van der Waals surface area contributed by atoms with Crippen molar-refractivity contribution >= 4 is 17.8 Å². The van der Waals surface area contributed by atoms with Crippen LogP contribution in [0.2, 0.25) is 0 Å². The molecule has 0 spiro atoms. The molecule has 1 aromatic heterocycles. The van der Waals surface area contributed by atoms with Gasteiger partial charge in [0.1, 0.15) is 0 Å². The minimum atomic E-state index is 0.224. The summed E-state index contributed by atoms with van der Waals surface area (Å²) >= 11 is 0. The Morgan fingerprint density at radius 3 is 2.71 bits per heavy atom. The number of nitrogens with one attached hydrogen (secondary N) is 1. The fourth-order valence-electron chi connectivity index (χ4n) is 2.02. The smallest absolute Gasteiger partial charge is 0.232 e. The normalized spacial score (nSPS) is 16.5. The molecule has 2 rings (SSSR count). The molecule has 21 heavy (non-hydrogen) atoms. The Hall–Kier alpha value is -2.15. The zero-order valence-corrected chi connectivity index (χ0v) is 12.5. The number of ether oxygens (including phenoxy) is 1. The first-order chi connectivity index (χ1) is 10.2. The van der Waals surface area contributed by atoms with Gasteiger partial charge in [0, 0.05) is 19.6 Å². The van der Waals surface area contributed by atoms with Gasteiger partial charge in [-0.05, 0) is 19.4 Å². The van der Waals surface area contributed by atoms with Gasteiger partial charge in [0.25, 0.3) is 0 Å². The van der Waals surface area contributed by atoms with Crippen molar-refractivity contribution in [3.63, 3.8) is 0 Å². The quantitative estimate of drug-likeness (QED) is 0.788. The standard InChI is InChI=1S/C14H22N6O/c1-3-5-11(4-2)10-16-13-17-12(15)18-14(19-13)20-6-8-21-9-7-20/h3-5H,6-10H2,1-2H3,(H3,15,16,17,18,19)/b5-3-,11-4+. The molecule has 7 heteroatoms. The van der Waals surface area contributed by atoms with E-state index in [9.17, 15) is 0 Å². The summed E-state index contributed by atoms with van der Waals surface area (Å²) in [6, 6.07) is 0. The highest BCUT2D eigenvalue weighted by molar-refractivity contribution is 5.43. The lowest BCUT2D eigenvalue weighted by Crippen LogP contribution is -2.37. The van der Waals surface area contributed by atoms with Gasteiger partial charge < -0.3 is 20.7 Å². The molecular weight excluding hydrogens is 268 g/mol. The van der Waals surface area contributed by atoms with E-state index in [0.29, 0.717) is 31.7 Å². The Bertz CT molecular complexity index is 522. The molecule has 0 amide bonds. The van der Waals surface area contributed by atoms with Gasteiger partial charge in [-0.1, -0.05) is 18.2 Å². The minimum absolute atomic E-state index is 0.224. The van der Waals surface area contributed by atoms with Crippen LogP contribution < -0.4 is 16.0 Å². The zero-order chi connectivity index (χ0) is 15.1. The molecule has 0 radical (unpaired) electrons. The zero-order valence-electron chi connectivity index (χ0n) is 12.5. The van der Waals surface area contributed by atoms with Crippen molar-refractivity contribution < 1.29 is 4.74 Å². The first-order valence-corrected chi connectivity index (χ1v) is 7.09. The second-order valence-corrected chi connectivity index (χ2v) is 4.63. The number of allylic oxidation sites excluding steroid dienone is 2. The maximum atomic E-state index is 5.77. The van der Waals surface area contributed by atoms with Gasteiger partial charge in [0.2, 0.25) is 17.8 Å². The van der Waals surface area contributed by atoms with Crippen molar-refractivity contribution in [2.24, 2.45) is 0 Å². The number of rotatable bonds is 5. The van der Waals surface area contributed by atoms with Crippen molar-refractivity contribution in [3.05, 3.63) is 23.8 Å². The third-order valence-electron chi connectivity index (χ3n) is 3.14. The summed E-state index contributed by atoms with van der Waals surface area (Å²) in [6.07, 6.45) is 6.08. The molecule has 0 atom stereocenters. The van der Waals surface area contributed by atoms with E-state index in [-0.39, 0.29) is 5.95 Å². The molecule has 3 N–H and O–H groups in total. The van der Waals surface area contributed by atoms with Gasteiger partial charge in [-0.25, -0.2) is 0 Å². The summed E-state index contributed by atoms with van der Waals surface area (Å²) in [4.78, 5) is 14.8. The molecule has 0 unspecified atom stereocenters. The van der Waals surface area contributed by atoms with E-state index in [1.165, 1.54) is 0 Å². The van der Waals surface area contributed by atoms with Crippen LogP contribution in [0.5, 0.6) is 0 Å². The van der Waals surface area contributed by atoms with Crippen LogP contribution >= 0.6 is 0 Å². The third-order valence-corrected chi connectivity index (χ3v) is 3.14. The number of aromatic nitrogens is 3. The maximum Gasteiger partial charge on any atom is 0.232 e. The average Bonchev–Trinajstić information content (AvgIpc) is 2.52. The number of nitrogens with zero attached hydrogens (tertiary/aromatic N) is 4. The Kier molecular flexibility index (Phi) is 5.51. The molecule has 2 heterocycles. The summed E-state index contributed by atoms with van der Waals surface area (Å²) in [5.41, 5.74) is 6.93. The Balaban J connectivity index is 2.07. The number of morpholine rings is 1. The monoisotopic (exact) mass is 290 g/mol. The lowest BCUT2D eigenvalue weighted by Gasteiger charge is -2.26. The fourth-order valence-corrected chi connectivity index (χ4v) is 2.02. The van der Waals surface area contributed by atoms with E-state index in [1.807, 2.05) is 32.1 Å². The molecule has 1 saturated heterocycles. The minimum Gasteiger partial charge on any atom is -0.378 e. The molecule has 0 bridgehead atoms. The lowest BCUT2D eigenvalue weighted by molar-refractivity contribution is 0.122. The van der Waals surface area contributed by atoms with Crippen molar-refractivity contribution in [1.82, 2.24) is 15.0 Å². The molecule has 0 saturated carbocycles. The average molecular weight is 290 g/mol. The summed E-state index contributed by atoms with van der Waals surface area (Å²) in [6.45, 7) is 7.52. The molecule has 1 aliphatic heterocycles. The Labute approximate surface area is 124 Å².